The predicted octanol–water partition coefficient (Wildman–Crippen LogP) is 2.90. The van der Waals surface area contributed by atoms with Crippen molar-refractivity contribution in [1.82, 2.24) is 15.5 Å². The Morgan fingerprint density at radius 1 is 1.32 bits per heavy atom. The second-order valence-corrected chi connectivity index (χ2v) is 4.79. The van der Waals surface area contributed by atoms with Crippen molar-refractivity contribution in [1.29, 1.82) is 0 Å². The first-order valence-electron chi connectivity index (χ1n) is 6.30. The van der Waals surface area contributed by atoms with Crippen LogP contribution in [0.2, 0.25) is 0 Å². The Morgan fingerprint density at radius 3 is 2.68 bits per heavy atom. The summed E-state index contributed by atoms with van der Waals surface area (Å²) in [5, 5.41) is 7.06. The lowest BCUT2D eigenvalue weighted by molar-refractivity contribution is 0.336. The van der Waals surface area contributed by atoms with Crippen LogP contribution in [-0.4, -0.2) is 23.2 Å². The van der Waals surface area contributed by atoms with Crippen LogP contribution in [0.1, 0.15) is 31.2 Å². The van der Waals surface area contributed by atoms with E-state index in [0.29, 0.717) is 22.8 Å². The highest BCUT2D eigenvalue weighted by Crippen LogP contribution is 2.23. The van der Waals surface area contributed by atoms with Crippen molar-refractivity contribution in [2.45, 2.75) is 32.7 Å². The van der Waals surface area contributed by atoms with Gasteiger partial charge in [0.25, 0.3) is 0 Å². The van der Waals surface area contributed by atoms with Gasteiger partial charge in [-0.2, -0.15) is 4.98 Å². The van der Waals surface area contributed by atoms with E-state index in [9.17, 15) is 4.39 Å². The largest absolute Gasteiger partial charge is 0.339 e. The van der Waals surface area contributed by atoms with Crippen LogP contribution in [-0.2, 0) is 0 Å². The van der Waals surface area contributed by atoms with Gasteiger partial charge in [-0.05, 0) is 32.5 Å². The van der Waals surface area contributed by atoms with Crippen LogP contribution in [0.15, 0.2) is 22.7 Å². The minimum absolute atomic E-state index is 0.0987. The summed E-state index contributed by atoms with van der Waals surface area (Å²) in [6.07, 6.45) is 0. The van der Waals surface area contributed by atoms with Crippen LogP contribution in [0.3, 0.4) is 0 Å². The number of nitrogens with one attached hydrogen (secondary N) is 1. The zero-order valence-corrected chi connectivity index (χ0v) is 11.6. The molecule has 1 aromatic carbocycles. The highest BCUT2D eigenvalue weighted by atomic mass is 19.1. The minimum atomic E-state index is -0.263. The van der Waals surface area contributed by atoms with E-state index in [1.165, 1.54) is 6.07 Å². The number of benzene rings is 1. The molecule has 0 bridgehead atoms. The van der Waals surface area contributed by atoms with Crippen LogP contribution in [0.4, 0.5) is 4.39 Å². The van der Waals surface area contributed by atoms with E-state index < -0.39 is 0 Å². The van der Waals surface area contributed by atoms with Crippen LogP contribution < -0.4 is 5.32 Å². The molecule has 19 heavy (non-hydrogen) atoms. The smallest absolute Gasteiger partial charge is 0.231 e. The third-order valence-corrected chi connectivity index (χ3v) is 3.47. The molecule has 102 valence electrons. The molecule has 0 saturated heterocycles. The average molecular weight is 263 g/mol. The topological polar surface area (TPSA) is 51.0 Å². The lowest BCUT2D eigenvalue weighted by atomic mass is 10.0. The van der Waals surface area contributed by atoms with Crippen LogP contribution in [0, 0.1) is 12.7 Å². The van der Waals surface area contributed by atoms with Gasteiger partial charge >= 0.3 is 0 Å². The second-order valence-electron chi connectivity index (χ2n) is 4.79. The molecule has 0 amide bonds. The molecular weight excluding hydrogens is 245 g/mol. The molecule has 0 aliphatic carbocycles. The van der Waals surface area contributed by atoms with Gasteiger partial charge in [0.1, 0.15) is 5.82 Å². The van der Waals surface area contributed by atoms with Crippen LogP contribution >= 0.6 is 0 Å². The highest BCUT2D eigenvalue weighted by molar-refractivity contribution is 5.55. The molecule has 1 aromatic heterocycles. The molecule has 4 nitrogen and oxygen atoms in total. The van der Waals surface area contributed by atoms with Crippen molar-refractivity contribution in [2.75, 3.05) is 7.05 Å². The fourth-order valence-corrected chi connectivity index (χ4v) is 1.73. The summed E-state index contributed by atoms with van der Waals surface area (Å²) in [4.78, 5) is 4.34. The highest BCUT2D eigenvalue weighted by Gasteiger charge is 2.20. The van der Waals surface area contributed by atoms with Gasteiger partial charge in [-0.1, -0.05) is 24.2 Å². The number of halogens is 1. The van der Waals surface area contributed by atoms with Gasteiger partial charge in [-0.25, -0.2) is 4.39 Å². The van der Waals surface area contributed by atoms with E-state index in [1.807, 2.05) is 20.9 Å². The monoisotopic (exact) mass is 263 g/mol. The normalized spacial score (nSPS) is 14.4. The molecule has 2 aromatic rings. The lowest BCUT2D eigenvalue weighted by Crippen LogP contribution is -2.27. The molecule has 0 spiro atoms. The standard InChI is InChI=1S/C14H18FN3O/c1-8-5-6-11(7-12(8)15)13-17-14(19-18-13)9(2)10(3)16-4/h5-7,9-10,16H,1-4H3. The van der Waals surface area contributed by atoms with Crippen molar-refractivity contribution in [2.24, 2.45) is 0 Å². The molecule has 5 heteroatoms. The zero-order chi connectivity index (χ0) is 14.0. The summed E-state index contributed by atoms with van der Waals surface area (Å²) in [5.74, 6) is 0.809. The molecule has 1 N–H and O–H groups in total. The third kappa shape index (κ3) is 2.81. The number of likely N-dealkylation sites (N-methyl/N-ethyl adjacent to an activating group) is 1. The molecule has 2 unspecified atom stereocenters. The molecule has 0 radical (unpaired) electrons. The van der Waals surface area contributed by atoms with E-state index in [-0.39, 0.29) is 17.8 Å². The van der Waals surface area contributed by atoms with Gasteiger partial charge in [0, 0.05) is 11.6 Å². The molecule has 1 heterocycles. The van der Waals surface area contributed by atoms with Gasteiger partial charge < -0.3 is 9.84 Å². The minimum Gasteiger partial charge on any atom is -0.339 e. The Kier molecular flexibility index (Phi) is 3.95. The summed E-state index contributed by atoms with van der Waals surface area (Å²) < 4.78 is 18.8. The number of hydrogen-bond donors (Lipinski definition) is 1. The number of aryl methyl sites for hydroxylation is 1. The van der Waals surface area contributed by atoms with E-state index >= 15 is 0 Å². The summed E-state index contributed by atoms with van der Waals surface area (Å²) in [6.45, 7) is 5.77. The van der Waals surface area contributed by atoms with Gasteiger partial charge in [0.2, 0.25) is 11.7 Å². The fourth-order valence-electron chi connectivity index (χ4n) is 1.73. The van der Waals surface area contributed by atoms with E-state index in [4.69, 9.17) is 4.52 Å². The maximum absolute atomic E-state index is 13.5. The van der Waals surface area contributed by atoms with Gasteiger partial charge in [-0.3, -0.25) is 0 Å². The number of nitrogens with zero attached hydrogens (tertiary/aromatic N) is 2. The summed E-state index contributed by atoms with van der Waals surface area (Å²) in [6, 6.07) is 5.15. The number of hydrogen-bond acceptors (Lipinski definition) is 4. The quantitative estimate of drug-likeness (QED) is 0.921. The first-order valence-corrected chi connectivity index (χ1v) is 6.30. The van der Waals surface area contributed by atoms with Crippen molar-refractivity contribution in [3.63, 3.8) is 0 Å². The van der Waals surface area contributed by atoms with Gasteiger partial charge in [0.15, 0.2) is 0 Å². The van der Waals surface area contributed by atoms with Crippen LogP contribution in [0.5, 0.6) is 0 Å². The lowest BCUT2D eigenvalue weighted by Gasteiger charge is -2.14. The molecular formula is C14H18FN3O. The van der Waals surface area contributed by atoms with Crippen molar-refractivity contribution >= 4 is 0 Å². The Morgan fingerprint density at radius 2 is 2.05 bits per heavy atom. The Balaban J connectivity index is 2.27. The van der Waals surface area contributed by atoms with E-state index in [1.54, 1.807) is 19.1 Å². The number of aromatic nitrogens is 2. The first-order chi connectivity index (χ1) is 9.02. The summed E-state index contributed by atoms with van der Waals surface area (Å²) >= 11 is 0. The first kappa shape index (κ1) is 13.7. The molecule has 0 saturated carbocycles. The summed E-state index contributed by atoms with van der Waals surface area (Å²) in [7, 11) is 1.88. The van der Waals surface area contributed by atoms with Crippen molar-refractivity contribution in [3.8, 4) is 11.4 Å². The van der Waals surface area contributed by atoms with E-state index in [0.717, 1.165) is 0 Å². The number of rotatable bonds is 4. The molecule has 2 atom stereocenters. The van der Waals surface area contributed by atoms with Crippen molar-refractivity contribution < 1.29 is 8.91 Å². The Labute approximate surface area is 112 Å². The third-order valence-electron chi connectivity index (χ3n) is 3.47. The maximum atomic E-state index is 13.5. The van der Waals surface area contributed by atoms with Gasteiger partial charge in [-0.15, -0.1) is 0 Å². The molecule has 0 aliphatic rings. The van der Waals surface area contributed by atoms with Crippen molar-refractivity contribution in [3.05, 3.63) is 35.5 Å². The Hall–Kier alpha value is -1.75. The van der Waals surface area contributed by atoms with Gasteiger partial charge in [0.05, 0.1) is 5.92 Å². The van der Waals surface area contributed by atoms with Crippen LogP contribution in [0.25, 0.3) is 11.4 Å². The molecule has 0 fully saturated rings. The second kappa shape index (κ2) is 5.48. The molecule has 0 aliphatic heterocycles. The summed E-state index contributed by atoms with van der Waals surface area (Å²) in [5.41, 5.74) is 1.23. The van der Waals surface area contributed by atoms with E-state index in [2.05, 4.69) is 15.5 Å². The maximum Gasteiger partial charge on any atom is 0.231 e. The fraction of sp³-hybridized carbons (Fsp3) is 0.429. The average Bonchev–Trinajstić information content (AvgIpc) is 2.89. The SMILES string of the molecule is CNC(C)C(C)c1nc(-c2ccc(C)c(F)c2)no1. The molecule has 2 rings (SSSR count). The Bertz CT molecular complexity index is 568. The zero-order valence-electron chi connectivity index (χ0n) is 11.6. The predicted molar refractivity (Wildman–Crippen MR) is 71.4 cm³/mol.